The number of halogens is 2. The van der Waals surface area contributed by atoms with Gasteiger partial charge in [-0.15, -0.1) is 0 Å². The molecule has 8 heteroatoms. The number of benzene rings is 2. The first-order chi connectivity index (χ1) is 13.3. The van der Waals surface area contributed by atoms with E-state index in [0.29, 0.717) is 12.2 Å². The van der Waals surface area contributed by atoms with Crippen molar-refractivity contribution in [2.75, 3.05) is 18.5 Å². The van der Waals surface area contributed by atoms with E-state index >= 15 is 0 Å². The van der Waals surface area contributed by atoms with Gasteiger partial charge in [0, 0.05) is 23.8 Å². The molecular formula is C20H19BrFN3O3. The van der Waals surface area contributed by atoms with Crippen LogP contribution in [-0.2, 0) is 16.1 Å². The molecule has 0 spiro atoms. The highest BCUT2D eigenvalue weighted by Crippen LogP contribution is 2.26. The molecule has 1 aliphatic heterocycles. The van der Waals surface area contributed by atoms with Crippen LogP contribution in [0.5, 0.6) is 0 Å². The number of likely N-dealkylation sites (N-methyl/N-ethyl adjacent to an activating group) is 1. The molecule has 2 aromatic carbocycles. The molecule has 4 amide bonds. The van der Waals surface area contributed by atoms with Crippen LogP contribution in [0.4, 0.5) is 14.9 Å². The molecule has 0 bridgehead atoms. The van der Waals surface area contributed by atoms with E-state index in [2.05, 4.69) is 15.9 Å². The first-order valence-electron chi connectivity index (χ1n) is 8.67. The number of urea groups is 1. The van der Waals surface area contributed by atoms with Gasteiger partial charge in [-0.3, -0.25) is 19.4 Å². The fraction of sp³-hybridized carbons (Fsp3) is 0.250. The van der Waals surface area contributed by atoms with E-state index in [4.69, 9.17) is 0 Å². The van der Waals surface area contributed by atoms with Crippen molar-refractivity contribution in [2.24, 2.45) is 0 Å². The predicted molar refractivity (Wildman–Crippen MR) is 106 cm³/mol. The van der Waals surface area contributed by atoms with Gasteiger partial charge in [-0.05, 0) is 42.8 Å². The molecule has 1 heterocycles. The lowest BCUT2D eigenvalue weighted by Crippen LogP contribution is -2.42. The van der Waals surface area contributed by atoms with Crippen LogP contribution < -0.4 is 4.90 Å². The number of anilines is 1. The summed E-state index contributed by atoms with van der Waals surface area (Å²) in [4.78, 5) is 41.6. The Morgan fingerprint density at radius 2 is 1.79 bits per heavy atom. The second kappa shape index (κ2) is 8.10. The summed E-state index contributed by atoms with van der Waals surface area (Å²) in [5, 5.41) is 0. The average Bonchev–Trinajstić information content (AvgIpc) is 2.88. The van der Waals surface area contributed by atoms with Gasteiger partial charge in [0.25, 0.3) is 5.91 Å². The highest BCUT2D eigenvalue weighted by Gasteiger charge is 2.44. The number of rotatable bonds is 5. The van der Waals surface area contributed by atoms with Crippen LogP contribution in [0.3, 0.4) is 0 Å². The maximum Gasteiger partial charge on any atom is 0.332 e. The van der Waals surface area contributed by atoms with E-state index in [1.807, 2.05) is 24.3 Å². The number of carbonyl (C=O) groups is 3. The van der Waals surface area contributed by atoms with Crippen LogP contribution in [0.2, 0.25) is 0 Å². The second-order valence-electron chi connectivity index (χ2n) is 6.57. The van der Waals surface area contributed by atoms with Crippen molar-refractivity contribution in [3.8, 4) is 0 Å². The molecule has 146 valence electrons. The smallest absolute Gasteiger partial charge is 0.332 e. The van der Waals surface area contributed by atoms with Gasteiger partial charge in [-0.25, -0.2) is 9.18 Å². The molecule has 0 radical (unpaired) electrons. The largest absolute Gasteiger partial charge is 0.340 e. The molecule has 6 nitrogen and oxygen atoms in total. The summed E-state index contributed by atoms with van der Waals surface area (Å²) in [5.74, 6) is -1.25. The summed E-state index contributed by atoms with van der Waals surface area (Å²) in [6, 6.07) is 11.5. The Morgan fingerprint density at radius 1 is 1.14 bits per heavy atom. The molecule has 0 aliphatic carbocycles. The zero-order valence-corrected chi connectivity index (χ0v) is 17.0. The van der Waals surface area contributed by atoms with Crippen LogP contribution in [0.25, 0.3) is 0 Å². The number of imide groups is 1. The molecule has 2 aromatic rings. The number of amides is 4. The summed E-state index contributed by atoms with van der Waals surface area (Å²) < 4.78 is 14.0. The first-order valence-corrected chi connectivity index (χ1v) is 9.46. The lowest BCUT2D eigenvalue weighted by Gasteiger charge is -2.22. The van der Waals surface area contributed by atoms with Crippen molar-refractivity contribution in [1.82, 2.24) is 9.80 Å². The van der Waals surface area contributed by atoms with Gasteiger partial charge >= 0.3 is 6.03 Å². The Balaban J connectivity index is 1.72. The van der Waals surface area contributed by atoms with E-state index < -0.39 is 23.8 Å². The highest BCUT2D eigenvalue weighted by molar-refractivity contribution is 9.10. The molecule has 0 aromatic heterocycles. The predicted octanol–water partition coefficient (Wildman–Crippen LogP) is 3.40. The van der Waals surface area contributed by atoms with Crippen molar-refractivity contribution in [2.45, 2.75) is 19.5 Å². The van der Waals surface area contributed by atoms with E-state index in [1.165, 1.54) is 34.1 Å². The first kappa shape index (κ1) is 20.0. The summed E-state index contributed by atoms with van der Waals surface area (Å²) in [5.41, 5.74) is 1.32. The topological polar surface area (TPSA) is 60.9 Å². The van der Waals surface area contributed by atoms with Crippen LogP contribution in [0.15, 0.2) is 53.0 Å². The summed E-state index contributed by atoms with van der Waals surface area (Å²) >= 11 is 3.44. The van der Waals surface area contributed by atoms with Gasteiger partial charge in [0.1, 0.15) is 18.4 Å². The van der Waals surface area contributed by atoms with Crippen LogP contribution >= 0.6 is 15.9 Å². The standard InChI is InChI=1S/C20H19BrFN3O3/c1-13-19(27)24(20(28)25(13)16-9-7-15(22)8-10-16)12-18(26)23(2)11-14-5-3-4-6-17(14)21/h3-10,13H,11-12H2,1-2H3. The Kier molecular flexibility index (Phi) is 5.79. The fourth-order valence-corrected chi connectivity index (χ4v) is 3.44. The third kappa shape index (κ3) is 3.91. The van der Waals surface area contributed by atoms with Crippen molar-refractivity contribution >= 4 is 39.5 Å². The van der Waals surface area contributed by atoms with Crippen LogP contribution in [0.1, 0.15) is 12.5 Å². The minimum absolute atomic E-state index is 0.341. The Bertz CT molecular complexity index is 919. The highest BCUT2D eigenvalue weighted by atomic mass is 79.9. The third-order valence-corrected chi connectivity index (χ3v) is 5.41. The monoisotopic (exact) mass is 447 g/mol. The quantitative estimate of drug-likeness (QED) is 0.659. The van der Waals surface area contributed by atoms with Crippen molar-refractivity contribution in [3.05, 3.63) is 64.4 Å². The summed E-state index contributed by atoms with van der Waals surface area (Å²) in [7, 11) is 1.62. The van der Waals surface area contributed by atoms with Gasteiger partial charge in [-0.1, -0.05) is 34.1 Å². The molecule has 1 unspecified atom stereocenters. The van der Waals surface area contributed by atoms with E-state index in [0.717, 1.165) is 14.9 Å². The van der Waals surface area contributed by atoms with E-state index in [-0.39, 0.29) is 12.5 Å². The maximum atomic E-state index is 13.2. The Hall–Kier alpha value is -2.74. The lowest BCUT2D eigenvalue weighted by molar-refractivity contribution is -0.136. The van der Waals surface area contributed by atoms with Crippen molar-refractivity contribution < 1.29 is 18.8 Å². The molecule has 3 rings (SSSR count). The van der Waals surface area contributed by atoms with E-state index in [1.54, 1.807) is 14.0 Å². The fourth-order valence-electron chi connectivity index (χ4n) is 3.03. The van der Waals surface area contributed by atoms with Crippen LogP contribution in [0, 0.1) is 5.82 Å². The van der Waals surface area contributed by atoms with Crippen molar-refractivity contribution in [1.29, 1.82) is 0 Å². The van der Waals surface area contributed by atoms with Gasteiger partial charge in [0.2, 0.25) is 5.91 Å². The van der Waals surface area contributed by atoms with Gasteiger partial charge in [0.05, 0.1) is 0 Å². The Morgan fingerprint density at radius 3 is 2.43 bits per heavy atom. The SMILES string of the molecule is CC1C(=O)N(CC(=O)N(C)Cc2ccccc2Br)C(=O)N1c1ccc(F)cc1. The van der Waals surface area contributed by atoms with E-state index in [9.17, 15) is 18.8 Å². The number of nitrogens with zero attached hydrogens (tertiary/aromatic N) is 3. The summed E-state index contributed by atoms with van der Waals surface area (Å²) in [6.45, 7) is 1.58. The number of hydrogen-bond acceptors (Lipinski definition) is 3. The average molecular weight is 448 g/mol. The van der Waals surface area contributed by atoms with Gasteiger partial charge in [-0.2, -0.15) is 0 Å². The Labute approximate surface area is 170 Å². The van der Waals surface area contributed by atoms with Crippen LogP contribution in [-0.4, -0.2) is 47.3 Å². The molecule has 1 aliphatic rings. The molecule has 0 N–H and O–H groups in total. The van der Waals surface area contributed by atoms with Crippen molar-refractivity contribution in [3.63, 3.8) is 0 Å². The number of carbonyl (C=O) groups excluding carboxylic acids is 3. The lowest BCUT2D eigenvalue weighted by atomic mass is 10.2. The molecule has 1 saturated heterocycles. The molecular weight excluding hydrogens is 429 g/mol. The summed E-state index contributed by atoms with van der Waals surface area (Å²) in [6.07, 6.45) is 0. The second-order valence-corrected chi connectivity index (χ2v) is 7.42. The molecule has 0 saturated carbocycles. The maximum absolute atomic E-state index is 13.2. The minimum atomic E-state index is -0.765. The zero-order valence-electron chi connectivity index (χ0n) is 15.4. The molecule has 1 fully saturated rings. The molecule has 1 atom stereocenters. The normalized spacial score (nSPS) is 16.6. The third-order valence-electron chi connectivity index (χ3n) is 4.64. The molecule has 28 heavy (non-hydrogen) atoms. The zero-order chi connectivity index (χ0) is 20.4. The van der Waals surface area contributed by atoms with Gasteiger partial charge in [0.15, 0.2) is 0 Å². The van der Waals surface area contributed by atoms with Gasteiger partial charge < -0.3 is 4.90 Å². The number of hydrogen-bond donors (Lipinski definition) is 0. The minimum Gasteiger partial charge on any atom is -0.340 e.